The van der Waals surface area contributed by atoms with E-state index in [1.165, 1.54) is 23.8 Å². The molecule has 1 aromatic heterocycles. The number of nitro groups is 1. The Balaban J connectivity index is 1.68. The van der Waals surface area contributed by atoms with E-state index in [2.05, 4.69) is 15.6 Å². The van der Waals surface area contributed by atoms with E-state index in [0.717, 1.165) is 11.1 Å². The Kier molecular flexibility index (Phi) is 6.26. The van der Waals surface area contributed by atoms with Gasteiger partial charge < -0.3 is 15.4 Å². The first kappa shape index (κ1) is 20.8. The Morgan fingerprint density at radius 2 is 1.90 bits per heavy atom. The number of ether oxygens (including phenoxy) is 1. The first-order valence-electron chi connectivity index (χ1n) is 9.32. The van der Waals surface area contributed by atoms with Crippen LogP contribution in [0.5, 0.6) is 11.6 Å². The number of carbonyl (C=O) groups is 1. The van der Waals surface area contributed by atoms with Gasteiger partial charge in [0.15, 0.2) is 0 Å². The molecule has 0 unspecified atom stereocenters. The highest BCUT2D eigenvalue weighted by Crippen LogP contribution is 2.25. The summed E-state index contributed by atoms with van der Waals surface area (Å²) in [6.45, 7) is 4.27. The van der Waals surface area contributed by atoms with Crippen LogP contribution < -0.4 is 15.4 Å². The van der Waals surface area contributed by atoms with Gasteiger partial charge in [-0.1, -0.05) is 6.07 Å². The molecule has 30 heavy (non-hydrogen) atoms. The van der Waals surface area contributed by atoms with Crippen LogP contribution in [-0.2, 0) is 6.54 Å². The van der Waals surface area contributed by atoms with Gasteiger partial charge in [-0.15, -0.1) is 0 Å². The number of pyridine rings is 1. The van der Waals surface area contributed by atoms with Crippen LogP contribution in [-0.4, -0.2) is 22.9 Å². The first-order chi connectivity index (χ1) is 14.4. The molecule has 0 radical (unpaired) electrons. The van der Waals surface area contributed by atoms with Crippen LogP contribution >= 0.6 is 0 Å². The molecule has 0 atom stereocenters. The number of carbonyl (C=O) groups excluding carboxylic acids is 1. The minimum atomic E-state index is -0.526. The second kappa shape index (κ2) is 9.04. The molecule has 0 bridgehead atoms. The van der Waals surface area contributed by atoms with Gasteiger partial charge in [-0.2, -0.15) is 0 Å². The number of nitrogens with one attached hydrogen (secondary N) is 2. The molecule has 0 aliphatic rings. The summed E-state index contributed by atoms with van der Waals surface area (Å²) >= 11 is 0. The topological polar surface area (TPSA) is 106 Å². The van der Waals surface area contributed by atoms with E-state index in [1.807, 2.05) is 32.0 Å². The van der Waals surface area contributed by atoms with E-state index in [4.69, 9.17) is 4.74 Å². The van der Waals surface area contributed by atoms with Crippen molar-refractivity contribution in [1.29, 1.82) is 0 Å². The second-order valence-electron chi connectivity index (χ2n) is 6.77. The lowest BCUT2D eigenvalue weighted by molar-refractivity contribution is -0.384. The van der Waals surface area contributed by atoms with E-state index in [-0.39, 0.29) is 17.8 Å². The summed E-state index contributed by atoms with van der Waals surface area (Å²) in [6.07, 6.45) is 1.60. The smallest absolute Gasteiger partial charge is 0.293 e. The van der Waals surface area contributed by atoms with Crippen molar-refractivity contribution in [2.24, 2.45) is 0 Å². The summed E-state index contributed by atoms with van der Waals surface area (Å²) < 4.78 is 5.81. The highest BCUT2D eigenvalue weighted by molar-refractivity contribution is 5.95. The Morgan fingerprint density at radius 3 is 2.60 bits per heavy atom. The van der Waals surface area contributed by atoms with Crippen LogP contribution in [0.15, 0.2) is 54.7 Å². The fourth-order valence-corrected chi connectivity index (χ4v) is 2.83. The zero-order chi connectivity index (χ0) is 21.7. The molecule has 1 amide bonds. The van der Waals surface area contributed by atoms with Gasteiger partial charge in [0.1, 0.15) is 11.4 Å². The van der Waals surface area contributed by atoms with Crippen molar-refractivity contribution >= 4 is 17.3 Å². The average molecular weight is 406 g/mol. The average Bonchev–Trinajstić information content (AvgIpc) is 2.74. The van der Waals surface area contributed by atoms with Crippen molar-refractivity contribution in [1.82, 2.24) is 10.3 Å². The molecule has 0 spiro atoms. The van der Waals surface area contributed by atoms with Crippen molar-refractivity contribution in [3.05, 3.63) is 87.1 Å². The van der Waals surface area contributed by atoms with Gasteiger partial charge in [-0.25, -0.2) is 4.98 Å². The van der Waals surface area contributed by atoms with Crippen molar-refractivity contribution in [3.8, 4) is 11.6 Å². The fourth-order valence-electron chi connectivity index (χ4n) is 2.83. The van der Waals surface area contributed by atoms with Crippen LogP contribution in [0.3, 0.4) is 0 Å². The van der Waals surface area contributed by atoms with Crippen molar-refractivity contribution < 1.29 is 14.5 Å². The molecule has 0 fully saturated rings. The maximum atomic E-state index is 12.4. The Hall–Kier alpha value is -3.94. The predicted octanol–water partition coefficient (Wildman–Crippen LogP) is 4.37. The zero-order valence-electron chi connectivity index (χ0n) is 16.9. The van der Waals surface area contributed by atoms with E-state index in [1.54, 1.807) is 25.4 Å². The number of nitrogens with zero attached hydrogens (tertiary/aromatic N) is 2. The van der Waals surface area contributed by atoms with Gasteiger partial charge in [0.05, 0.1) is 4.92 Å². The highest BCUT2D eigenvalue weighted by atomic mass is 16.6. The lowest BCUT2D eigenvalue weighted by atomic mass is 10.1. The molecule has 0 aliphatic heterocycles. The Bertz CT molecular complexity index is 1100. The number of aromatic nitrogens is 1. The van der Waals surface area contributed by atoms with Crippen LogP contribution in [0.1, 0.15) is 27.0 Å². The maximum Gasteiger partial charge on any atom is 0.293 e. The monoisotopic (exact) mass is 406 g/mol. The van der Waals surface area contributed by atoms with Crippen molar-refractivity contribution in [2.75, 3.05) is 12.4 Å². The summed E-state index contributed by atoms with van der Waals surface area (Å²) in [6, 6.07) is 13.6. The number of aryl methyl sites for hydroxylation is 2. The van der Waals surface area contributed by atoms with E-state index < -0.39 is 10.8 Å². The van der Waals surface area contributed by atoms with Crippen molar-refractivity contribution in [2.45, 2.75) is 20.4 Å². The molecule has 8 nitrogen and oxygen atoms in total. The Morgan fingerprint density at radius 1 is 1.10 bits per heavy atom. The van der Waals surface area contributed by atoms with Crippen LogP contribution in [0.2, 0.25) is 0 Å². The largest absolute Gasteiger partial charge is 0.439 e. The summed E-state index contributed by atoms with van der Waals surface area (Å²) in [7, 11) is 1.59. The lowest BCUT2D eigenvalue weighted by Crippen LogP contribution is -2.23. The summed E-state index contributed by atoms with van der Waals surface area (Å²) in [4.78, 5) is 27.3. The van der Waals surface area contributed by atoms with E-state index in [0.29, 0.717) is 17.3 Å². The molecule has 3 aromatic rings. The third-order valence-corrected chi connectivity index (χ3v) is 4.68. The predicted molar refractivity (Wildman–Crippen MR) is 114 cm³/mol. The Labute approximate surface area is 174 Å². The van der Waals surface area contributed by atoms with Crippen LogP contribution in [0, 0.1) is 24.0 Å². The van der Waals surface area contributed by atoms with E-state index >= 15 is 0 Å². The molecule has 1 heterocycles. The molecule has 0 aliphatic carbocycles. The number of anilines is 1. The number of hydrogen-bond acceptors (Lipinski definition) is 6. The number of nitro benzene ring substituents is 1. The van der Waals surface area contributed by atoms with Gasteiger partial charge in [-0.05, 0) is 60.9 Å². The lowest BCUT2D eigenvalue weighted by Gasteiger charge is -2.10. The number of rotatable bonds is 7. The third kappa shape index (κ3) is 4.91. The molecule has 2 aromatic carbocycles. The highest BCUT2D eigenvalue weighted by Gasteiger charge is 2.16. The fraction of sp³-hybridized carbons (Fsp3) is 0.182. The summed E-state index contributed by atoms with van der Waals surface area (Å²) in [5.41, 5.74) is 3.49. The second-order valence-corrected chi connectivity index (χ2v) is 6.77. The number of benzene rings is 2. The van der Waals surface area contributed by atoms with Crippen LogP contribution in [0.25, 0.3) is 0 Å². The quantitative estimate of drug-likeness (QED) is 0.446. The van der Waals surface area contributed by atoms with Gasteiger partial charge in [0.25, 0.3) is 11.6 Å². The standard InChI is InChI=1S/C22H22N4O4/c1-14-4-6-18(10-15(14)2)30-21-11-16(8-9-24-21)13-25-22(27)17-5-7-19(23-3)20(12-17)26(28)29/h4-12,23H,13H2,1-3H3,(H,25,27). The van der Waals surface area contributed by atoms with Gasteiger partial charge >= 0.3 is 0 Å². The summed E-state index contributed by atoms with van der Waals surface area (Å²) in [5, 5.41) is 16.7. The molecule has 154 valence electrons. The minimum Gasteiger partial charge on any atom is -0.439 e. The van der Waals surface area contributed by atoms with Gasteiger partial charge in [0.2, 0.25) is 5.88 Å². The first-order valence-corrected chi connectivity index (χ1v) is 9.32. The van der Waals surface area contributed by atoms with Gasteiger partial charge in [-0.3, -0.25) is 14.9 Å². The minimum absolute atomic E-state index is 0.155. The van der Waals surface area contributed by atoms with Crippen molar-refractivity contribution in [3.63, 3.8) is 0 Å². The molecule has 2 N–H and O–H groups in total. The molecule has 0 saturated heterocycles. The normalized spacial score (nSPS) is 10.4. The van der Waals surface area contributed by atoms with Crippen LogP contribution in [0.4, 0.5) is 11.4 Å². The number of amides is 1. The molecule has 3 rings (SSSR count). The van der Waals surface area contributed by atoms with E-state index in [9.17, 15) is 14.9 Å². The molecular weight excluding hydrogens is 384 g/mol. The van der Waals surface area contributed by atoms with Gasteiger partial charge in [0, 0.05) is 37.5 Å². The summed E-state index contributed by atoms with van der Waals surface area (Å²) in [5.74, 6) is 0.692. The maximum absolute atomic E-state index is 12.4. The molecule has 0 saturated carbocycles. The SMILES string of the molecule is CNc1ccc(C(=O)NCc2ccnc(Oc3ccc(C)c(C)c3)c2)cc1[N+](=O)[O-]. The molecule has 8 heteroatoms. The zero-order valence-corrected chi connectivity index (χ0v) is 16.9. The third-order valence-electron chi connectivity index (χ3n) is 4.68. The number of hydrogen-bond donors (Lipinski definition) is 2. The molecular formula is C22H22N4O4.